The molecule has 6 nitrogen and oxygen atoms in total. The van der Waals surface area contributed by atoms with Crippen LogP contribution in [0.3, 0.4) is 0 Å². The third-order valence-electron chi connectivity index (χ3n) is 4.34. The molecule has 150 valence electrons. The van der Waals surface area contributed by atoms with Crippen LogP contribution < -0.4 is 5.32 Å². The molecular formula is C18H18Cl2FN3O3S. The molecular weight excluding hydrogens is 428 g/mol. The number of hydrogen-bond acceptors (Lipinski definition) is 4. The number of carbonyl (C=O) groups excluding carboxylic acids is 1. The summed E-state index contributed by atoms with van der Waals surface area (Å²) in [7, 11) is -3.69. The van der Waals surface area contributed by atoms with E-state index in [1.54, 1.807) is 6.07 Å². The first-order valence-electron chi connectivity index (χ1n) is 8.49. The summed E-state index contributed by atoms with van der Waals surface area (Å²) >= 11 is 11.8. The summed E-state index contributed by atoms with van der Waals surface area (Å²) in [6, 6.07) is 9.84. The highest BCUT2D eigenvalue weighted by molar-refractivity contribution is 7.89. The van der Waals surface area contributed by atoms with E-state index in [4.69, 9.17) is 23.2 Å². The van der Waals surface area contributed by atoms with Crippen molar-refractivity contribution in [2.75, 3.05) is 38.0 Å². The van der Waals surface area contributed by atoms with Crippen molar-refractivity contribution < 1.29 is 17.6 Å². The van der Waals surface area contributed by atoms with E-state index >= 15 is 0 Å². The van der Waals surface area contributed by atoms with Gasteiger partial charge in [0.25, 0.3) is 0 Å². The maximum atomic E-state index is 13.2. The van der Waals surface area contributed by atoms with Gasteiger partial charge in [0.05, 0.1) is 21.5 Å². The molecule has 0 unspecified atom stereocenters. The Balaban J connectivity index is 1.56. The second kappa shape index (κ2) is 8.75. The maximum absolute atomic E-state index is 13.2. The average Bonchev–Trinajstić information content (AvgIpc) is 2.64. The van der Waals surface area contributed by atoms with Gasteiger partial charge in [0, 0.05) is 31.9 Å². The Morgan fingerprint density at radius 3 is 2.39 bits per heavy atom. The first-order valence-corrected chi connectivity index (χ1v) is 10.7. The number of halogens is 3. The highest BCUT2D eigenvalue weighted by Crippen LogP contribution is 2.27. The molecule has 1 N–H and O–H groups in total. The van der Waals surface area contributed by atoms with Gasteiger partial charge >= 0.3 is 0 Å². The van der Waals surface area contributed by atoms with E-state index in [2.05, 4.69) is 5.32 Å². The molecule has 2 aromatic carbocycles. The lowest BCUT2D eigenvalue weighted by molar-refractivity contribution is -0.117. The molecule has 0 saturated carbocycles. The van der Waals surface area contributed by atoms with Gasteiger partial charge in [0.15, 0.2) is 0 Å². The SMILES string of the molecule is O=C(CN1CCN(S(=O)(=O)c2ccc(Cl)c(Cl)c2)CC1)Nc1cccc(F)c1. The summed E-state index contributed by atoms with van der Waals surface area (Å²) in [6.07, 6.45) is 0. The second-order valence-corrected chi connectivity index (χ2v) is 9.07. The molecule has 1 saturated heterocycles. The lowest BCUT2D eigenvalue weighted by Crippen LogP contribution is -2.50. The van der Waals surface area contributed by atoms with Crippen molar-refractivity contribution in [2.45, 2.75) is 4.90 Å². The molecule has 2 aromatic rings. The number of carbonyl (C=O) groups is 1. The molecule has 3 rings (SSSR count). The lowest BCUT2D eigenvalue weighted by atomic mass is 10.3. The van der Waals surface area contributed by atoms with Crippen molar-refractivity contribution in [1.82, 2.24) is 9.21 Å². The van der Waals surface area contributed by atoms with Gasteiger partial charge in [0.2, 0.25) is 15.9 Å². The highest BCUT2D eigenvalue weighted by atomic mass is 35.5. The number of amides is 1. The summed E-state index contributed by atoms with van der Waals surface area (Å²) in [4.78, 5) is 14.1. The number of benzene rings is 2. The zero-order valence-corrected chi connectivity index (χ0v) is 17.1. The first-order chi connectivity index (χ1) is 13.3. The van der Waals surface area contributed by atoms with Gasteiger partial charge in [-0.15, -0.1) is 0 Å². The maximum Gasteiger partial charge on any atom is 0.243 e. The minimum Gasteiger partial charge on any atom is -0.325 e. The number of nitrogens with zero attached hydrogens (tertiary/aromatic N) is 2. The molecule has 1 aliphatic heterocycles. The Hall–Kier alpha value is -1.71. The molecule has 0 radical (unpaired) electrons. The van der Waals surface area contributed by atoms with Gasteiger partial charge in [-0.05, 0) is 36.4 Å². The molecule has 1 amide bonds. The standard InChI is InChI=1S/C18H18Cl2FN3O3S/c19-16-5-4-15(11-17(16)20)28(26,27)24-8-6-23(7-9-24)12-18(25)22-14-3-1-2-13(21)10-14/h1-5,10-11H,6-9,12H2,(H,22,25). The third kappa shape index (κ3) is 5.01. The minimum absolute atomic E-state index is 0.0826. The smallest absolute Gasteiger partial charge is 0.243 e. The van der Waals surface area contributed by atoms with Gasteiger partial charge in [-0.2, -0.15) is 4.31 Å². The van der Waals surface area contributed by atoms with Crippen LogP contribution >= 0.6 is 23.2 Å². The van der Waals surface area contributed by atoms with E-state index in [1.807, 2.05) is 4.90 Å². The topological polar surface area (TPSA) is 69.7 Å². The largest absolute Gasteiger partial charge is 0.325 e. The van der Waals surface area contributed by atoms with Crippen molar-refractivity contribution in [1.29, 1.82) is 0 Å². The van der Waals surface area contributed by atoms with Crippen LogP contribution in [0.2, 0.25) is 10.0 Å². The monoisotopic (exact) mass is 445 g/mol. The number of piperazine rings is 1. The number of hydrogen-bond donors (Lipinski definition) is 1. The molecule has 10 heteroatoms. The molecule has 0 atom stereocenters. The second-order valence-electron chi connectivity index (χ2n) is 6.31. The first kappa shape index (κ1) is 21.0. The summed E-state index contributed by atoms with van der Waals surface area (Å²) in [5.41, 5.74) is 0.380. The summed E-state index contributed by atoms with van der Waals surface area (Å²) in [6.45, 7) is 1.39. The van der Waals surface area contributed by atoms with E-state index in [0.717, 1.165) is 0 Å². The van der Waals surface area contributed by atoms with Gasteiger partial charge in [-0.3, -0.25) is 9.69 Å². The molecule has 1 aliphatic rings. The molecule has 0 bridgehead atoms. The lowest BCUT2D eigenvalue weighted by Gasteiger charge is -2.33. The summed E-state index contributed by atoms with van der Waals surface area (Å²) < 4.78 is 40.0. The quantitative estimate of drug-likeness (QED) is 0.767. The molecule has 0 aliphatic carbocycles. The predicted molar refractivity (Wildman–Crippen MR) is 107 cm³/mol. The Morgan fingerprint density at radius 1 is 1.04 bits per heavy atom. The van der Waals surface area contributed by atoms with Crippen molar-refractivity contribution in [3.05, 3.63) is 58.3 Å². The fourth-order valence-electron chi connectivity index (χ4n) is 2.88. The fraction of sp³-hybridized carbons (Fsp3) is 0.278. The van der Waals surface area contributed by atoms with Crippen LogP contribution in [-0.4, -0.2) is 56.3 Å². The van der Waals surface area contributed by atoms with Crippen LogP contribution in [0.4, 0.5) is 10.1 Å². The van der Waals surface area contributed by atoms with Gasteiger partial charge in [0.1, 0.15) is 5.82 Å². The number of rotatable bonds is 5. The Kier molecular flexibility index (Phi) is 6.57. The molecule has 0 spiro atoms. The van der Waals surface area contributed by atoms with Crippen molar-refractivity contribution in [2.24, 2.45) is 0 Å². The summed E-state index contributed by atoms with van der Waals surface area (Å²) in [5.74, 6) is -0.717. The molecule has 1 fully saturated rings. The van der Waals surface area contributed by atoms with Crippen LogP contribution in [0.5, 0.6) is 0 Å². The van der Waals surface area contributed by atoms with Crippen LogP contribution in [0.25, 0.3) is 0 Å². The van der Waals surface area contributed by atoms with E-state index in [1.165, 1.54) is 40.7 Å². The van der Waals surface area contributed by atoms with E-state index < -0.39 is 15.8 Å². The van der Waals surface area contributed by atoms with Crippen LogP contribution in [0.1, 0.15) is 0 Å². The minimum atomic E-state index is -3.69. The van der Waals surface area contributed by atoms with Crippen molar-refractivity contribution >= 4 is 44.8 Å². The van der Waals surface area contributed by atoms with Crippen molar-refractivity contribution in [3.8, 4) is 0 Å². The van der Waals surface area contributed by atoms with Crippen LogP contribution in [0.15, 0.2) is 47.4 Å². The van der Waals surface area contributed by atoms with Gasteiger partial charge in [-0.25, -0.2) is 12.8 Å². The van der Waals surface area contributed by atoms with E-state index in [9.17, 15) is 17.6 Å². The number of anilines is 1. The van der Waals surface area contributed by atoms with Gasteiger partial charge < -0.3 is 5.32 Å². The molecule has 0 aromatic heterocycles. The highest BCUT2D eigenvalue weighted by Gasteiger charge is 2.29. The van der Waals surface area contributed by atoms with Gasteiger partial charge in [-0.1, -0.05) is 29.3 Å². The Morgan fingerprint density at radius 2 is 1.75 bits per heavy atom. The normalized spacial score (nSPS) is 16.1. The fourth-order valence-corrected chi connectivity index (χ4v) is 4.70. The van der Waals surface area contributed by atoms with Crippen LogP contribution in [0, 0.1) is 5.82 Å². The van der Waals surface area contributed by atoms with E-state index in [-0.39, 0.29) is 40.5 Å². The van der Waals surface area contributed by atoms with E-state index in [0.29, 0.717) is 18.8 Å². The third-order valence-corrected chi connectivity index (χ3v) is 6.97. The predicted octanol–water partition coefficient (Wildman–Crippen LogP) is 3.08. The summed E-state index contributed by atoms with van der Waals surface area (Å²) in [5, 5.41) is 3.09. The number of nitrogens with one attached hydrogen (secondary N) is 1. The Bertz CT molecular complexity index is 980. The zero-order chi connectivity index (χ0) is 20.3. The Labute approximate surface area is 172 Å². The zero-order valence-electron chi connectivity index (χ0n) is 14.7. The molecule has 28 heavy (non-hydrogen) atoms. The number of sulfonamides is 1. The molecule has 1 heterocycles. The average molecular weight is 446 g/mol. The van der Waals surface area contributed by atoms with Crippen molar-refractivity contribution in [3.63, 3.8) is 0 Å². The van der Waals surface area contributed by atoms with Crippen LogP contribution in [-0.2, 0) is 14.8 Å².